The van der Waals surface area contributed by atoms with Crippen LogP contribution in [0, 0.1) is 0 Å². The first-order valence-corrected chi connectivity index (χ1v) is 1.19. The molecule has 0 saturated carbocycles. The number of thiocarbonyl (C=S) groups is 1. The molecule has 0 saturated heterocycles. The standard InChI is InChI=1S/CH4N2S.Au/c2-1(3)4;/h(H4,2,3,4);/q;+1. The summed E-state index contributed by atoms with van der Waals surface area (Å²) in [6.07, 6.45) is 0. The molecular weight excluding hydrogens is 269 g/mol. The van der Waals surface area contributed by atoms with Crippen LogP contribution in [0.2, 0.25) is 0 Å². The van der Waals surface area contributed by atoms with E-state index < -0.39 is 0 Å². The van der Waals surface area contributed by atoms with Crippen LogP contribution in [0.25, 0.3) is 0 Å². The Hall–Kier alpha value is 0.430. The molecule has 0 radical (unpaired) electrons. The molecule has 0 aliphatic carbocycles. The first-order valence-electron chi connectivity index (χ1n) is 0.781. The molecule has 0 heterocycles. The quantitative estimate of drug-likeness (QED) is 0.448. The summed E-state index contributed by atoms with van der Waals surface area (Å²) in [6.45, 7) is 0. The van der Waals surface area contributed by atoms with Crippen LogP contribution in [0.4, 0.5) is 0 Å². The van der Waals surface area contributed by atoms with Crippen LogP contribution < -0.4 is 11.5 Å². The Balaban J connectivity index is 0. The molecule has 0 aromatic rings. The topological polar surface area (TPSA) is 52.0 Å². The summed E-state index contributed by atoms with van der Waals surface area (Å²) in [4.78, 5) is 0. The minimum Gasteiger partial charge on any atom is -0.377 e. The normalized spacial score (nSPS) is 4.80. The van der Waals surface area contributed by atoms with E-state index >= 15 is 0 Å². The maximum Gasteiger partial charge on any atom is 1.00 e. The summed E-state index contributed by atoms with van der Waals surface area (Å²) in [5.41, 5.74) is 9.24. The molecular formula is CH4AuN2S+. The van der Waals surface area contributed by atoms with Crippen molar-refractivity contribution in [1.82, 2.24) is 0 Å². The van der Waals surface area contributed by atoms with Gasteiger partial charge in [-0.3, -0.25) is 0 Å². The zero-order valence-electron chi connectivity index (χ0n) is 2.36. The molecule has 0 aromatic carbocycles. The molecule has 0 fully saturated rings. The van der Waals surface area contributed by atoms with E-state index in [2.05, 4.69) is 23.7 Å². The van der Waals surface area contributed by atoms with Gasteiger partial charge in [-0.1, -0.05) is 0 Å². The van der Waals surface area contributed by atoms with Crippen molar-refractivity contribution < 1.29 is 22.4 Å². The second-order valence-corrected chi connectivity index (χ2v) is 0.874. The van der Waals surface area contributed by atoms with Crippen LogP contribution in [-0.2, 0) is 22.4 Å². The van der Waals surface area contributed by atoms with Crippen molar-refractivity contribution in [2.24, 2.45) is 11.5 Å². The molecule has 0 unspecified atom stereocenters. The van der Waals surface area contributed by atoms with Gasteiger partial charge >= 0.3 is 22.4 Å². The summed E-state index contributed by atoms with van der Waals surface area (Å²) in [5, 5.41) is 0.000000000000000222. The molecule has 0 rings (SSSR count). The first-order chi connectivity index (χ1) is 1.73. The molecule has 0 aromatic heterocycles. The van der Waals surface area contributed by atoms with Crippen molar-refractivity contribution in [2.75, 3.05) is 0 Å². The molecule has 0 bridgehead atoms. The van der Waals surface area contributed by atoms with E-state index in [0.717, 1.165) is 0 Å². The molecule has 2 nitrogen and oxygen atoms in total. The maximum atomic E-state index is 4.62. The Labute approximate surface area is 51.4 Å². The fraction of sp³-hybridized carbons (Fsp3) is 0. The van der Waals surface area contributed by atoms with E-state index in [-0.39, 0.29) is 27.5 Å². The zero-order chi connectivity index (χ0) is 3.58. The van der Waals surface area contributed by atoms with Gasteiger partial charge in [0.25, 0.3) is 0 Å². The Morgan fingerprint density at radius 2 is 1.40 bits per heavy atom. The van der Waals surface area contributed by atoms with Gasteiger partial charge < -0.3 is 11.5 Å². The van der Waals surface area contributed by atoms with Crippen molar-refractivity contribution in [2.45, 2.75) is 0 Å². The van der Waals surface area contributed by atoms with Crippen LogP contribution in [0.5, 0.6) is 0 Å². The number of hydrogen-bond donors (Lipinski definition) is 2. The average Bonchev–Trinajstić information content (AvgIpc) is 0.811. The largest absolute Gasteiger partial charge is 1.00 e. The first kappa shape index (κ1) is 9.06. The van der Waals surface area contributed by atoms with Crippen LogP contribution >= 0.6 is 12.2 Å². The van der Waals surface area contributed by atoms with Crippen molar-refractivity contribution in [3.8, 4) is 0 Å². The summed E-state index contributed by atoms with van der Waals surface area (Å²) in [7, 11) is 0. The number of rotatable bonds is 0. The third-order valence-electron chi connectivity index (χ3n) is 0. The predicted molar refractivity (Wildman–Crippen MR) is 21.0 cm³/mol. The van der Waals surface area contributed by atoms with E-state index in [1.165, 1.54) is 0 Å². The van der Waals surface area contributed by atoms with Crippen LogP contribution in [0.3, 0.4) is 0 Å². The summed E-state index contributed by atoms with van der Waals surface area (Å²) in [5.74, 6) is 0. The van der Waals surface area contributed by atoms with Crippen molar-refractivity contribution in [3.63, 3.8) is 0 Å². The fourth-order valence-corrected chi connectivity index (χ4v) is 0. The molecule has 5 heavy (non-hydrogen) atoms. The Kier molecular flexibility index (Phi) is 8.03. The Morgan fingerprint density at radius 3 is 1.40 bits per heavy atom. The van der Waals surface area contributed by atoms with E-state index in [4.69, 9.17) is 0 Å². The molecule has 0 amide bonds. The molecule has 0 aliphatic heterocycles. The minimum absolute atomic E-state index is 0. The molecule has 0 spiro atoms. The molecule has 0 atom stereocenters. The van der Waals surface area contributed by atoms with Gasteiger partial charge in [0, 0.05) is 0 Å². The van der Waals surface area contributed by atoms with E-state index in [9.17, 15) is 0 Å². The summed E-state index contributed by atoms with van der Waals surface area (Å²) < 4.78 is 0. The maximum absolute atomic E-state index is 4.62. The molecule has 34 valence electrons. The summed E-state index contributed by atoms with van der Waals surface area (Å²) >= 11 is 4.09. The van der Waals surface area contributed by atoms with Gasteiger partial charge in [-0.25, -0.2) is 0 Å². The van der Waals surface area contributed by atoms with Gasteiger partial charge in [0.1, 0.15) is 0 Å². The second-order valence-electron chi connectivity index (χ2n) is 0.402. The van der Waals surface area contributed by atoms with Crippen molar-refractivity contribution >= 4 is 17.3 Å². The predicted octanol–water partition coefficient (Wildman–Crippen LogP) is -0.814. The second kappa shape index (κ2) is 4.43. The number of nitrogens with two attached hydrogens (primary N) is 2. The van der Waals surface area contributed by atoms with Crippen molar-refractivity contribution in [3.05, 3.63) is 0 Å². The smallest absolute Gasteiger partial charge is 0.377 e. The number of hydrogen-bond acceptors (Lipinski definition) is 1. The molecule has 4 N–H and O–H groups in total. The van der Waals surface area contributed by atoms with Crippen LogP contribution in [-0.4, -0.2) is 5.11 Å². The zero-order valence-corrected chi connectivity index (χ0v) is 5.35. The Morgan fingerprint density at radius 1 is 1.40 bits per heavy atom. The Bertz CT molecular complexity index is 32.6. The van der Waals surface area contributed by atoms with Crippen LogP contribution in [0.15, 0.2) is 0 Å². The van der Waals surface area contributed by atoms with Crippen molar-refractivity contribution in [1.29, 1.82) is 0 Å². The molecule has 0 aliphatic rings. The monoisotopic (exact) mass is 273 g/mol. The van der Waals surface area contributed by atoms with E-state index in [1.807, 2.05) is 0 Å². The van der Waals surface area contributed by atoms with Gasteiger partial charge in [-0.15, -0.1) is 0 Å². The third kappa shape index (κ3) is 141. The average molecular weight is 273 g/mol. The summed E-state index contributed by atoms with van der Waals surface area (Å²) in [6, 6.07) is 0. The van der Waals surface area contributed by atoms with E-state index in [0.29, 0.717) is 0 Å². The van der Waals surface area contributed by atoms with Gasteiger partial charge in [0.05, 0.1) is 0 Å². The van der Waals surface area contributed by atoms with Gasteiger partial charge in [0.15, 0.2) is 5.11 Å². The van der Waals surface area contributed by atoms with Gasteiger partial charge in [-0.2, -0.15) is 0 Å². The molecule has 4 heteroatoms. The van der Waals surface area contributed by atoms with E-state index in [1.54, 1.807) is 0 Å². The third-order valence-corrected chi connectivity index (χ3v) is 0. The van der Waals surface area contributed by atoms with Gasteiger partial charge in [-0.05, 0) is 12.2 Å². The minimum atomic E-state index is 0. The fourth-order valence-electron chi connectivity index (χ4n) is 0. The SMILES string of the molecule is NC(N)=S.[Au+]. The van der Waals surface area contributed by atoms with Crippen LogP contribution in [0.1, 0.15) is 0 Å². The van der Waals surface area contributed by atoms with Gasteiger partial charge in [0.2, 0.25) is 0 Å².